The fourth-order valence-corrected chi connectivity index (χ4v) is 8.02. The minimum absolute atomic E-state index is 0.593. The number of aromatic amines is 1. The summed E-state index contributed by atoms with van der Waals surface area (Å²) in [5, 5.41) is 100. The largest absolute Gasteiger partial charge is 0.483 e. The zero-order valence-electron chi connectivity index (χ0n) is 33.0. The number of hydrogen-bond donors (Lipinski definition) is 18. The van der Waals surface area contributed by atoms with Crippen LogP contribution in [0.25, 0.3) is 11.2 Å². The molecule has 3 aliphatic heterocycles. The van der Waals surface area contributed by atoms with Gasteiger partial charge in [0, 0.05) is 0 Å². The second-order valence-corrected chi connectivity index (χ2v) is 17.0. The van der Waals surface area contributed by atoms with E-state index in [1.165, 1.54) is 0 Å². The second kappa shape index (κ2) is 21.1. The van der Waals surface area contributed by atoms with Crippen molar-refractivity contribution in [1.82, 2.24) is 35.5 Å². The highest BCUT2D eigenvalue weighted by atomic mass is 31.3. The molecule has 15 atom stereocenters. The summed E-state index contributed by atoms with van der Waals surface area (Å²) < 4.78 is 55.5. The van der Waals surface area contributed by atoms with Gasteiger partial charge < -0.3 is 101 Å². The molecule has 0 spiro atoms. The number of nitrogens with one attached hydrogen (secondary N) is 5. The van der Waals surface area contributed by atoms with E-state index in [2.05, 4.69) is 19.3 Å². The maximum Gasteiger partial charge on any atom is 0.483 e. The van der Waals surface area contributed by atoms with Crippen LogP contribution in [0.3, 0.4) is 0 Å². The number of carboxylic acid groups (broad SMARTS) is 1. The third-order valence-electron chi connectivity index (χ3n) is 9.52. The van der Waals surface area contributed by atoms with Crippen molar-refractivity contribution in [2.24, 2.45) is 5.73 Å². The Labute approximate surface area is 365 Å². The predicted molar refractivity (Wildman–Crippen MR) is 201 cm³/mol. The summed E-state index contributed by atoms with van der Waals surface area (Å²) >= 11 is 0. The fraction of sp³-hybridized carbons (Fsp3) is 0.655. The van der Waals surface area contributed by atoms with Crippen molar-refractivity contribution >= 4 is 62.4 Å². The Morgan fingerprint density at radius 1 is 0.788 bits per heavy atom. The minimum Gasteiger partial charge on any atom is -0.481 e. The van der Waals surface area contributed by atoms with Crippen molar-refractivity contribution in [2.45, 2.75) is 92.1 Å². The number of hydrogen-bond acceptors (Lipinski definition) is 25. The molecule has 2 aromatic rings. The summed E-state index contributed by atoms with van der Waals surface area (Å²) in [6.45, 7) is -4.28. The highest BCUT2D eigenvalue weighted by molar-refractivity contribution is 7.60. The van der Waals surface area contributed by atoms with Gasteiger partial charge in [0.15, 0.2) is 23.7 Å². The number of aromatic nitrogens is 4. The summed E-state index contributed by atoms with van der Waals surface area (Å²) in [4.78, 5) is 115. The molecule has 2 fully saturated rings. The maximum atomic E-state index is 13.4. The quantitative estimate of drug-likeness (QED) is 0.0617. The number of ether oxygens (including phenoxy) is 4. The van der Waals surface area contributed by atoms with E-state index in [1.807, 2.05) is 21.3 Å². The Morgan fingerprint density at radius 3 is 1.98 bits per heavy atom. The second-order valence-electron chi connectivity index (χ2n) is 14.2. The molecule has 66 heavy (non-hydrogen) atoms. The van der Waals surface area contributed by atoms with Crippen LogP contribution in [0.4, 0.5) is 5.95 Å². The van der Waals surface area contributed by atoms with Crippen LogP contribution in [0.5, 0.6) is 6.01 Å². The van der Waals surface area contributed by atoms with Crippen LogP contribution in [0.2, 0.25) is 0 Å². The van der Waals surface area contributed by atoms with Gasteiger partial charge in [0.2, 0.25) is 30.0 Å². The normalized spacial score (nSPS) is 29.1. The fourth-order valence-electron chi connectivity index (χ4n) is 6.36. The maximum absolute atomic E-state index is 13.4. The van der Waals surface area contributed by atoms with E-state index in [0.29, 0.717) is 4.57 Å². The van der Waals surface area contributed by atoms with Gasteiger partial charge in [0.25, 0.3) is 11.5 Å². The van der Waals surface area contributed by atoms with E-state index in [9.17, 15) is 83.6 Å². The molecule has 0 saturated carbocycles. The van der Waals surface area contributed by atoms with Crippen LogP contribution >= 0.6 is 15.6 Å². The molecular weight excluding hydrogens is 952 g/mol. The van der Waals surface area contributed by atoms with Crippen LogP contribution in [-0.4, -0.2) is 216 Å². The molecule has 5 rings (SSSR count). The minimum atomic E-state index is -5.97. The topological polar surface area (TPSA) is 555 Å². The number of nitrogens with two attached hydrogens (primary N) is 1. The number of anilines is 1. The number of imidazole rings is 1. The lowest BCUT2D eigenvalue weighted by Crippen LogP contribution is -2.62. The van der Waals surface area contributed by atoms with Gasteiger partial charge in [-0.05, 0) is 0 Å². The zero-order valence-corrected chi connectivity index (χ0v) is 34.8. The van der Waals surface area contributed by atoms with Crippen molar-refractivity contribution in [1.29, 1.82) is 0 Å². The van der Waals surface area contributed by atoms with Gasteiger partial charge in [-0.25, -0.2) is 13.7 Å². The molecule has 1 unspecified atom stereocenters. The average Bonchev–Trinajstić information content (AvgIpc) is 3.73. The third-order valence-corrected chi connectivity index (χ3v) is 11.7. The first kappa shape index (κ1) is 52.3. The smallest absolute Gasteiger partial charge is 0.481 e. The van der Waals surface area contributed by atoms with Gasteiger partial charge >= 0.3 is 27.6 Å². The number of phosphoric acid groups is 2. The first-order chi connectivity index (χ1) is 30.8. The Morgan fingerprint density at radius 2 is 1.39 bits per heavy atom. The van der Waals surface area contributed by atoms with Gasteiger partial charge in [-0.2, -0.15) is 14.3 Å². The SMILES string of the molecule is N[C@@H](CO)C(=O)N[C@@H](CO)C(=O)N[C@@H](CC(=O)O)C(=O)N[C@@H](CO)C(=O)Nc1nc2c(nc3n2[C@@H]2O[C@H]([C@H](OP(=O)(O)OP(=O)(O)O)O[C@@H]4[C@H](O)[C@@H](O3)O[C@H](CO)[C@H]4O)[C@@H](O)[C@H]2O)c(=O)[nH]1. The van der Waals surface area contributed by atoms with Gasteiger partial charge in [-0.3, -0.25) is 43.6 Å². The lowest BCUT2D eigenvalue weighted by molar-refractivity contribution is -0.314. The van der Waals surface area contributed by atoms with Crippen molar-refractivity contribution < 1.29 is 122 Å². The molecule has 5 heterocycles. The van der Waals surface area contributed by atoms with Crippen molar-refractivity contribution in [3.8, 4) is 6.01 Å². The van der Waals surface area contributed by atoms with Crippen molar-refractivity contribution in [2.75, 3.05) is 31.7 Å². The third kappa shape index (κ3) is 11.9. The summed E-state index contributed by atoms with van der Waals surface area (Å²) in [5.41, 5.74) is 2.64. The molecule has 2 saturated heterocycles. The predicted octanol–water partition coefficient (Wildman–Crippen LogP) is -10.3. The van der Waals surface area contributed by atoms with Gasteiger partial charge in [-0.1, -0.05) is 0 Å². The molecule has 0 aliphatic carbocycles. The summed E-state index contributed by atoms with van der Waals surface area (Å²) in [5.74, 6) is -7.84. The molecule has 4 bridgehead atoms. The van der Waals surface area contributed by atoms with E-state index in [1.54, 1.807) is 0 Å². The van der Waals surface area contributed by atoms with Crippen LogP contribution in [0, 0.1) is 0 Å². The number of amides is 4. The lowest BCUT2D eigenvalue weighted by atomic mass is 9.98. The molecule has 37 heteroatoms. The van der Waals surface area contributed by atoms with E-state index >= 15 is 0 Å². The first-order valence-corrected chi connectivity index (χ1v) is 21.6. The van der Waals surface area contributed by atoms with Crippen LogP contribution in [0.1, 0.15) is 12.6 Å². The van der Waals surface area contributed by atoms with Crippen LogP contribution in [0.15, 0.2) is 4.79 Å². The number of phosphoric ester groups is 1. The number of rotatable bonds is 18. The molecule has 0 aromatic carbocycles. The summed E-state index contributed by atoms with van der Waals surface area (Å²) in [6.07, 6.45) is -23.1. The van der Waals surface area contributed by atoms with E-state index < -0.39 is 192 Å². The zero-order chi connectivity index (χ0) is 49.2. The number of fused-ring (bicyclic) bond motifs is 8. The number of carboxylic acids is 1. The molecular formula is C29H43N9O26P2. The number of H-pyrrole nitrogens is 1. The van der Waals surface area contributed by atoms with Crippen molar-refractivity contribution in [3.63, 3.8) is 0 Å². The Balaban J connectivity index is 1.48. The number of nitrogens with zero attached hydrogens (tertiary/aromatic N) is 3. The Kier molecular flexibility index (Phi) is 16.7. The highest BCUT2D eigenvalue weighted by Gasteiger charge is 2.56. The molecule has 35 nitrogen and oxygen atoms in total. The van der Waals surface area contributed by atoms with Crippen LogP contribution in [-0.2, 0) is 56.1 Å². The molecule has 370 valence electrons. The van der Waals surface area contributed by atoms with Crippen molar-refractivity contribution in [3.05, 3.63) is 10.4 Å². The monoisotopic (exact) mass is 995 g/mol. The number of aliphatic carboxylic acids is 1. The van der Waals surface area contributed by atoms with Gasteiger partial charge in [-0.15, -0.1) is 0 Å². The van der Waals surface area contributed by atoms with E-state index in [4.69, 9.17) is 44.1 Å². The molecule has 2 aromatic heterocycles. The first-order valence-electron chi connectivity index (χ1n) is 18.6. The number of carbonyl (C=O) groups excluding carboxylic acids is 4. The van der Waals surface area contributed by atoms with E-state index in [0.717, 1.165) is 0 Å². The summed E-state index contributed by atoms with van der Waals surface area (Å²) in [7, 11) is -11.8. The number of aliphatic hydroxyl groups excluding tert-OH is 8. The van der Waals surface area contributed by atoms with Gasteiger partial charge in [0.05, 0.1) is 32.8 Å². The number of carbonyl (C=O) groups is 5. The standard InChI is InChI=1S/C29H43N9O26P2/c30-6(2-39)20(49)32-8(3-40)22(51)31-7(1-11(43)44)21(50)33-9(4-41)23(52)36-28-35-19-12(24(53)37-28)34-29-38(19)25-15(47)14(46)18(60-25)27(63-66(57,58)64-65(54,55)56)61-17-13(45)10(5-42)59-26(62-29)16(17)48/h6-10,13-18,25-27,39-42,45-48H,1-5,30H2,(H,31,51)(H,32,49)(H,33,50)(H,43,44)(H,57,58)(H2,54,55,56)(H2,35,36,37,52,53)/t6-,7-,8-,9-,10+,13+,14-,15+,16-,17-,18-,25+,26+,27-/m0/s1. The lowest BCUT2D eigenvalue weighted by Gasteiger charge is -2.42. The number of aliphatic hydroxyl groups is 8. The van der Waals surface area contributed by atoms with E-state index in [-0.39, 0.29) is 0 Å². The van der Waals surface area contributed by atoms with Crippen LogP contribution < -0.4 is 37.3 Å². The molecule has 19 N–H and O–H groups in total. The average molecular weight is 996 g/mol. The molecule has 3 aliphatic rings. The van der Waals surface area contributed by atoms with Gasteiger partial charge in [0.1, 0.15) is 66.9 Å². The summed E-state index contributed by atoms with van der Waals surface area (Å²) in [6, 6.07) is -8.35. The Hall–Kier alpha value is -4.72. The Bertz CT molecular complexity index is 2300. The molecule has 4 amide bonds. The molecule has 0 radical (unpaired) electrons. The highest BCUT2D eigenvalue weighted by Crippen LogP contribution is 2.59.